The second kappa shape index (κ2) is 7.94. The Morgan fingerprint density at radius 2 is 1.95 bits per heavy atom. The van der Waals surface area contributed by atoms with Crippen molar-refractivity contribution in [3.63, 3.8) is 0 Å². The Labute approximate surface area is 119 Å². The molecule has 1 amide bonds. The van der Waals surface area contributed by atoms with Gasteiger partial charge in [0.1, 0.15) is 5.82 Å². The highest BCUT2D eigenvalue weighted by molar-refractivity contribution is 5.94. The van der Waals surface area contributed by atoms with Gasteiger partial charge in [0.15, 0.2) is 0 Å². The second-order valence-electron chi connectivity index (χ2n) is 4.05. The van der Waals surface area contributed by atoms with Crippen molar-refractivity contribution in [3.05, 3.63) is 35.1 Å². The fourth-order valence-corrected chi connectivity index (χ4v) is 1.45. The third kappa shape index (κ3) is 5.68. The van der Waals surface area contributed by atoms with Gasteiger partial charge in [-0.05, 0) is 18.2 Å². The van der Waals surface area contributed by atoms with Gasteiger partial charge >= 0.3 is 6.18 Å². The van der Waals surface area contributed by atoms with Crippen LogP contribution >= 0.6 is 0 Å². The lowest BCUT2D eigenvalue weighted by Gasteiger charge is -2.10. The summed E-state index contributed by atoms with van der Waals surface area (Å²) < 4.78 is 60.7. The number of benzene rings is 1. The summed E-state index contributed by atoms with van der Waals surface area (Å²) in [5.41, 5.74) is -1.73. The Morgan fingerprint density at radius 1 is 1.24 bits per heavy atom. The van der Waals surface area contributed by atoms with E-state index in [4.69, 9.17) is 9.47 Å². The molecule has 0 aromatic heterocycles. The van der Waals surface area contributed by atoms with Gasteiger partial charge in [-0.3, -0.25) is 4.79 Å². The number of nitrogens with one attached hydrogen (secondary N) is 1. The van der Waals surface area contributed by atoms with Gasteiger partial charge in [0.25, 0.3) is 5.91 Å². The Balaban J connectivity index is 2.57. The molecular formula is C13H15F4NO3. The van der Waals surface area contributed by atoms with Crippen molar-refractivity contribution in [2.24, 2.45) is 0 Å². The van der Waals surface area contributed by atoms with Crippen LogP contribution in [0.4, 0.5) is 17.6 Å². The number of carbonyl (C=O) groups excluding carboxylic acids is 1. The first-order valence-electron chi connectivity index (χ1n) is 6.08. The lowest BCUT2D eigenvalue weighted by Crippen LogP contribution is -2.28. The van der Waals surface area contributed by atoms with Crippen LogP contribution in [0.5, 0.6) is 0 Å². The number of methoxy groups -OCH3 is 1. The van der Waals surface area contributed by atoms with Gasteiger partial charge in [-0.25, -0.2) is 4.39 Å². The first-order valence-corrected chi connectivity index (χ1v) is 6.08. The molecule has 1 aromatic carbocycles. The van der Waals surface area contributed by atoms with E-state index in [9.17, 15) is 22.4 Å². The summed E-state index contributed by atoms with van der Waals surface area (Å²) in [7, 11) is 1.50. The van der Waals surface area contributed by atoms with Crippen molar-refractivity contribution in [2.45, 2.75) is 6.18 Å². The van der Waals surface area contributed by atoms with E-state index < -0.39 is 29.0 Å². The molecule has 0 atom stereocenters. The maximum absolute atomic E-state index is 13.4. The fraction of sp³-hybridized carbons (Fsp3) is 0.462. The molecule has 21 heavy (non-hydrogen) atoms. The third-order valence-electron chi connectivity index (χ3n) is 2.50. The van der Waals surface area contributed by atoms with Gasteiger partial charge in [0.2, 0.25) is 0 Å². The molecule has 1 N–H and O–H groups in total. The Morgan fingerprint density at radius 3 is 2.57 bits per heavy atom. The maximum Gasteiger partial charge on any atom is 0.416 e. The maximum atomic E-state index is 13.4. The molecule has 0 aliphatic heterocycles. The second-order valence-corrected chi connectivity index (χ2v) is 4.05. The summed E-state index contributed by atoms with van der Waals surface area (Å²) in [6.45, 7) is 0.911. The molecule has 8 heteroatoms. The normalized spacial score (nSPS) is 11.5. The van der Waals surface area contributed by atoms with Crippen LogP contribution in [0.15, 0.2) is 18.2 Å². The third-order valence-corrected chi connectivity index (χ3v) is 2.50. The van der Waals surface area contributed by atoms with E-state index in [-0.39, 0.29) is 13.2 Å². The molecular weight excluding hydrogens is 294 g/mol. The highest BCUT2D eigenvalue weighted by Gasteiger charge is 2.31. The number of alkyl halides is 3. The smallest absolute Gasteiger partial charge is 0.382 e. The van der Waals surface area contributed by atoms with Gasteiger partial charge < -0.3 is 14.8 Å². The first kappa shape index (κ1) is 17.4. The van der Waals surface area contributed by atoms with Crippen molar-refractivity contribution in [1.29, 1.82) is 0 Å². The molecule has 0 saturated carbocycles. The van der Waals surface area contributed by atoms with E-state index in [1.165, 1.54) is 7.11 Å². The highest BCUT2D eigenvalue weighted by Crippen LogP contribution is 2.30. The molecule has 1 rings (SSSR count). The number of ether oxygens (including phenoxy) is 2. The van der Waals surface area contributed by atoms with E-state index in [2.05, 4.69) is 5.32 Å². The number of amides is 1. The molecule has 0 aliphatic carbocycles. The monoisotopic (exact) mass is 309 g/mol. The quantitative estimate of drug-likeness (QED) is 0.621. The zero-order valence-electron chi connectivity index (χ0n) is 11.3. The Hall–Kier alpha value is -1.67. The SMILES string of the molecule is COCCOCCNC(=O)c1cc(C(F)(F)F)ccc1F. The molecule has 0 heterocycles. The first-order chi connectivity index (χ1) is 9.86. The number of carbonyl (C=O) groups is 1. The van der Waals surface area contributed by atoms with E-state index in [0.717, 1.165) is 0 Å². The van der Waals surface area contributed by atoms with Crippen LogP contribution in [0.2, 0.25) is 0 Å². The molecule has 0 spiro atoms. The predicted octanol–water partition coefficient (Wildman–Crippen LogP) is 2.24. The zero-order valence-corrected chi connectivity index (χ0v) is 11.3. The van der Waals surface area contributed by atoms with E-state index in [1.807, 2.05) is 0 Å². The molecule has 0 unspecified atom stereocenters. The molecule has 118 valence electrons. The van der Waals surface area contributed by atoms with E-state index in [1.54, 1.807) is 0 Å². The van der Waals surface area contributed by atoms with Crippen molar-refractivity contribution < 1.29 is 31.8 Å². The van der Waals surface area contributed by atoms with Gasteiger partial charge in [0.05, 0.1) is 30.9 Å². The summed E-state index contributed by atoms with van der Waals surface area (Å²) in [6, 6.07) is 1.68. The van der Waals surface area contributed by atoms with Crippen LogP contribution in [-0.2, 0) is 15.7 Å². The fourth-order valence-electron chi connectivity index (χ4n) is 1.45. The Bertz CT molecular complexity index is 477. The van der Waals surface area contributed by atoms with Gasteiger partial charge in [-0.1, -0.05) is 0 Å². The summed E-state index contributed by atoms with van der Waals surface area (Å²) in [5.74, 6) is -1.94. The molecule has 0 saturated heterocycles. The number of hydrogen-bond acceptors (Lipinski definition) is 3. The van der Waals surface area contributed by atoms with Crippen LogP contribution in [0.25, 0.3) is 0 Å². The number of rotatable bonds is 7. The largest absolute Gasteiger partial charge is 0.416 e. The molecule has 0 bridgehead atoms. The van der Waals surface area contributed by atoms with Crippen LogP contribution < -0.4 is 5.32 Å². The van der Waals surface area contributed by atoms with Crippen LogP contribution in [-0.4, -0.2) is 39.4 Å². The molecule has 4 nitrogen and oxygen atoms in total. The lowest BCUT2D eigenvalue weighted by atomic mass is 10.1. The molecule has 0 radical (unpaired) electrons. The van der Waals surface area contributed by atoms with Crippen molar-refractivity contribution in [1.82, 2.24) is 5.32 Å². The number of hydrogen-bond donors (Lipinski definition) is 1. The molecule has 1 aromatic rings. The summed E-state index contributed by atoms with van der Waals surface area (Å²) in [6.07, 6.45) is -4.63. The summed E-state index contributed by atoms with van der Waals surface area (Å²) in [5, 5.41) is 2.28. The van der Waals surface area contributed by atoms with Gasteiger partial charge in [0, 0.05) is 13.7 Å². The minimum absolute atomic E-state index is 0.0538. The van der Waals surface area contributed by atoms with Crippen LogP contribution in [0.1, 0.15) is 15.9 Å². The standard InChI is InChI=1S/C13H15F4NO3/c1-20-6-7-21-5-4-18-12(19)10-8-9(13(15,16)17)2-3-11(10)14/h2-3,8H,4-7H2,1H3,(H,18,19). The summed E-state index contributed by atoms with van der Waals surface area (Å²) >= 11 is 0. The number of halogens is 4. The molecule has 0 fully saturated rings. The van der Waals surface area contributed by atoms with Gasteiger partial charge in [-0.15, -0.1) is 0 Å². The van der Waals surface area contributed by atoms with E-state index in [0.29, 0.717) is 31.4 Å². The molecule has 0 aliphatic rings. The van der Waals surface area contributed by atoms with Crippen molar-refractivity contribution in [2.75, 3.05) is 33.5 Å². The van der Waals surface area contributed by atoms with Gasteiger partial charge in [-0.2, -0.15) is 13.2 Å². The van der Waals surface area contributed by atoms with E-state index >= 15 is 0 Å². The van der Waals surface area contributed by atoms with Crippen molar-refractivity contribution >= 4 is 5.91 Å². The summed E-state index contributed by atoms with van der Waals surface area (Å²) in [4.78, 5) is 11.6. The average molecular weight is 309 g/mol. The van der Waals surface area contributed by atoms with Crippen LogP contribution in [0.3, 0.4) is 0 Å². The van der Waals surface area contributed by atoms with Crippen LogP contribution in [0, 0.1) is 5.82 Å². The van der Waals surface area contributed by atoms with Crippen molar-refractivity contribution in [3.8, 4) is 0 Å². The zero-order chi connectivity index (χ0) is 15.9. The lowest BCUT2D eigenvalue weighted by molar-refractivity contribution is -0.137. The topological polar surface area (TPSA) is 47.6 Å². The minimum atomic E-state index is -4.63. The highest BCUT2D eigenvalue weighted by atomic mass is 19.4. The predicted molar refractivity (Wildman–Crippen MR) is 66.4 cm³/mol. The Kier molecular flexibility index (Phi) is 6.57. The average Bonchev–Trinajstić information content (AvgIpc) is 2.41. The minimum Gasteiger partial charge on any atom is -0.382 e.